The van der Waals surface area contributed by atoms with E-state index < -0.39 is 0 Å². The molecule has 1 heterocycles. The summed E-state index contributed by atoms with van der Waals surface area (Å²) in [5.74, 6) is -0.0266. The van der Waals surface area contributed by atoms with Crippen molar-refractivity contribution in [2.75, 3.05) is 13.1 Å². The first-order valence-electron chi connectivity index (χ1n) is 9.10. The van der Waals surface area contributed by atoms with Crippen molar-refractivity contribution in [2.45, 2.75) is 51.9 Å². The van der Waals surface area contributed by atoms with E-state index in [4.69, 9.17) is 0 Å². The predicted molar refractivity (Wildman–Crippen MR) is 100 cm³/mol. The SMILES string of the molecule is CCCNNC(=O)CCCCCCCNC(=O)C=Cc1cccnc1. The van der Waals surface area contributed by atoms with E-state index in [2.05, 4.69) is 28.1 Å². The van der Waals surface area contributed by atoms with Gasteiger partial charge in [-0.1, -0.05) is 32.3 Å². The molecule has 1 rings (SSSR count). The van der Waals surface area contributed by atoms with Gasteiger partial charge in [-0.3, -0.25) is 20.0 Å². The molecule has 25 heavy (non-hydrogen) atoms. The number of pyridine rings is 1. The molecule has 6 nitrogen and oxygen atoms in total. The van der Waals surface area contributed by atoms with E-state index in [0.717, 1.165) is 50.6 Å². The number of aromatic nitrogens is 1. The third-order valence-electron chi connectivity index (χ3n) is 3.59. The highest BCUT2D eigenvalue weighted by Crippen LogP contribution is 2.05. The number of nitrogens with zero attached hydrogens (tertiary/aromatic N) is 1. The summed E-state index contributed by atoms with van der Waals surface area (Å²) < 4.78 is 0. The normalized spacial score (nSPS) is 10.8. The highest BCUT2D eigenvalue weighted by molar-refractivity contribution is 5.91. The number of amides is 2. The molecule has 0 saturated carbocycles. The zero-order valence-electron chi connectivity index (χ0n) is 15.1. The lowest BCUT2D eigenvalue weighted by Crippen LogP contribution is -2.37. The molecule has 0 radical (unpaired) electrons. The molecule has 0 spiro atoms. The molecule has 0 aromatic carbocycles. The molecule has 0 unspecified atom stereocenters. The van der Waals surface area contributed by atoms with Crippen LogP contribution in [0.5, 0.6) is 0 Å². The van der Waals surface area contributed by atoms with Gasteiger partial charge in [0.2, 0.25) is 11.8 Å². The number of nitrogens with one attached hydrogen (secondary N) is 3. The molecule has 138 valence electrons. The second-order valence-corrected chi connectivity index (χ2v) is 5.90. The van der Waals surface area contributed by atoms with Gasteiger partial charge in [0, 0.05) is 38.0 Å². The second-order valence-electron chi connectivity index (χ2n) is 5.90. The van der Waals surface area contributed by atoms with Gasteiger partial charge in [-0.2, -0.15) is 0 Å². The van der Waals surface area contributed by atoms with Crippen molar-refractivity contribution in [1.82, 2.24) is 21.2 Å². The zero-order chi connectivity index (χ0) is 18.2. The van der Waals surface area contributed by atoms with Gasteiger partial charge in [0.25, 0.3) is 0 Å². The quantitative estimate of drug-likeness (QED) is 0.291. The van der Waals surface area contributed by atoms with Crippen LogP contribution < -0.4 is 16.2 Å². The Labute approximate surface area is 150 Å². The van der Waals surface area contributed by atoms with Crippen LogP contribution in [0.15, 0.2) is 30.6 Å². The number of hydrogen-bond donors (Lipinski definition) is 3. The molecule has 0 bridgehead atoms. The molecular weight excluding hydrogens is 316 g/mol. The summed E-state index contributed by atoms with van der Waals surface area (Å²) in [6.45, 7) is 3.53. The maximum atomic E-state index is 11.7. The van der Waals surface area contributed by atoms with Crippen molar-refractivity contribution in [3.8, 4) is 0 Å². The van der Waals surface area contributed by atoms with Crippen LogP contribution in [0, 0.1) is 0 Å². The maximum absolute atomic E-state index is 11.7. The summed E-state index contributed by atoms with van der Waals surface area (Å²) in [5, 5.41) is 2.87. The highest BCUT2D eigenvalue weighted by Gasteiger charge is 2.00. The van der Waals surface area contributed by atoms with E-state index >= 15 is 0 Å². The number of carbonyl (C=O) groups excluding carboxylic acids is 2. The van der Waals surface area contributed by atoms with Crippen LogP contribution in [-0.4, -0.2) is 29.9 Å². The third kappa shape index (κ3) is 11.9. The van der Waals surface area contributed by atoms with Crippen molar-refractivity contribution < 1.29 is 9.59 Å². The molecule has 0 fully saturated rings. The fourth-order valence-electron chi connectivity index (χ4n) is 2.21. The monoisotopic (exact) mass is 346 g/mol. The Bertz CT molecular complexity index is 517. The van der Waals surface area contributed by atoms with E-state index in [9.17, 15) is 9.59 Å². The lowest BCUT2D eigenvalue weighted by Gasteiger charge is -2.06. The molecule has 1 aromatic rings. The zero-order valence-corrected chi connectivity index (χ0v) is 15.1. The van der Waals surface area contributed by atoms with Crippen LogP contribution in [0.4, 0.5) is 0 Å². The number of hydrogen-bond acceptors (Lipinski definition) is 4. The molecule has 3 N–H and O–H groups in total. The van der Waals surface area contributed by atoms with Crippen LogP contribution in [0.2, 0.25) is 0 Å². The Kier molecular flexibility index (Phi) is 11.8. The van der Waals surface area contributed by atoms with Crippen LogP contribution >= 0.6 is 0 Å². The van der Waals surface area contributed by atoms with Crippen molar-refractivity contribution in [1.29, 1.82) is 0 Å². The summed E-state index contributed by atoms with van der Waals surface area (Å²) in [6.07, 6.45) is 13.3. The van der Waals surface area contributed by atoms with Crippen molar-refractivity contribution >= 4 is 17.9 Å². The standard InChI is InChI=1S/C19H30N4O2/c1-2-13-22-23-19(25)10-6-4-3-5-7-15-21-18(24)12-11-17-9-8-14-20-16-17/h8-9,11-12,14,16,22H,2-7,10,13,15H2,1H3,(H,21,24)(H,23,25). The van der Waals surface area contributed by atoms with Gasteiger partial charge in [0.05, 0.1) is 0 Å². The summed E-state index contributed by atoms with van der Waals surface area (Å²) in [5.41, 5.74) is 6.48. The highest BCUT2D eigenvalue weighted by atomic mass is 16.2. The lowest BCUT2D eigenvalue weighted by molar-refractivity contribution is -0.122. The fraction of sp³-hybridized carbons (Fsp3) is 0.526. The predicted octanol–water partition coefficient (Wildman–Crippen LogP) is 2.58. The van der Waals surface area contributed by atoms with Gasteiger partial charge < -0.3 is 5.32 Å². The van der Waals surface area contributed by atoms with Gasteiger partial charge in [0.15, 0.2) is 0 Å². The first-order chi connectivity index (χ1) is 12.2. The van der Waals surface area contributed by atoms with Crippen molar-refractivity contribution in [2.24, 2.45) is 0 Å². The largest absolute Gasteiger partial charge is 0.353 e. The lowest BCUT2D eigenvalue weighted by atomic mass is 10.1. The first kappa shape index (κ1) is 20.8. The average molecular weight is 346 g/mol. The van der Waals surface area contributed by atoms with Crippen LogP contribution in [0.25, 0.3) is 6.08 Å². The minimum atomic E-state index is -0.0832. The molecule has 0 saturated heterocycles. The third-order valence-corrected chi connectivity index (χ3v) is 3.59. The van der Waals surface area contributed by atoms with E-state index in [1.165, 1.54) is 6.08 Å². The smallest absolute Gasteiger partial charge is 0.243 e. The number of carbonyl (C=O) groups is 2. The second kappa shape index (κ2) is 14.2. The molecule has 0 aliphatic carbocycles. The first-order valence-corrected chi connectivity index (χ1v) is 9.10. The summed E-state index contributed by atoms with van der Waals surface area (Å²) in [7, 11) is 0. The molecular formula is C19H30N4O2. The van der Waals surface area contributed by atoms with E-state index in [0.29, 0.717) is 13.0 Å². The summed E-state index contributed by atoms with van der Waals surface area (Å²) in [4.78, 5) is 27.1. The van der Waals surface area contributed by atoms with Crippen LogP contribution in [0.3, 0.4) is 0 Å². The van der Waals surface area contributed by atoms with Crippen LogP contribution in [0.1, 0.15) is 57.4 Å². The topological polar surface area (TPSA) is 83.1 Å². The molecule has 1 aromatic heterocycles. The summed E-state index contributed by atoms with van der Waals surface area (Å²) >= 11 is 0. The maximum Gasteiger partial charge on any atom is 0.243 e. The minimum absolute atomic E-state index is 0.0566. The Balaban J connectivity index is 1.94. The fourth-order valence-corrected chi connectivity index (χ4v) is 2.21. The van der Waals surface area contributed by atoms with E-state index in [1.807, 2.05) is 12.1 Å². The molecule has 6 heteroatoms. The molecule has 0 aliphatic rings. The van der Waals surface area contributed by atoms with Crippen LogP contribution in [-0.2, 0) is 9.59 Å². The Hall–Kier alpha value is -2.21. The van der Waals surface area contributed by atoms with Gasteiger partial charge in [0.1, 0.15) is 0 Å². The van der Waals surface area contributed by atoms with Gasteiger partial charge in [-0.05, 0) is 37.0 Å². The molecule has 2 amide bonds. The van der Waals surface area contributed by atoms with E-state index in [-0.39, 0.29) is 11.8 Å². The Morgan fingerprint density at radius 3 is 2.68 bits per heavy atom. The Morgan fingerprint density at radius 2 is 1.92 bits per heavy atom. The average Bonchev–Trinajstić information content (AvgIpc) is 2.63. The number of hydrazine groups is 1. The number of unbranched alkanes of at least 4 members (excludes halogenated alkanes) is 4. The summed E-state index contributed by atoms with van der Waals surface area (Å²) in [6, 6.07) is 3.74. The van der Waals surface area contributed by atoms with Gasteiger partial charge >= 0.3 is 0 Å². The van der Waals surface area contributed by atoms with Gasteiger partial charge in [-0.25, -0.2) is 5.43 Å². The molecule has 0 atom stereocenters. The minimum Gasteiger partial charge on any atom is -0.353 e. The van der Waals surface area contributed by atoms with Gasteiger partial charge in [-0.15, -0.1) is 0 Å². The molecule has 0 aliphatic heterocycles. The van der Waals surface area contributed by atoms with Crippen molar-refractivity contribution in [3.63, 3.8) is 0 Å². The number of rotatable bonds is 13. The van der Waals surface area contributed by atoms with Crippen molar-refractivity contribution in [3.05, 3.63) is 36.2 Å². The van der Waals surface area contributed by atoms with E-state index in [1.54, 1.807) is 18.5 Å². The Morgan fingerprint density at radius 1 is 1.12 bits per heavy atom.